The molecule has 4 aliphatic rings. The van der Waals surface area contributed by atoms with Crippen molar-refractivity contribution in [3.05, 3.63) is 53.1 Å². The third-order valence-corrected chi connectivity index (χ3v) is 8.24. The molecular weight excluding hydrogens is 484 g/mol. The number of β-amino-alcohol motifs (C(OH)–C–C–N with tert-alkyl or cyclic N) is 1. The van der Waals surface area contributed by atoms with Gasteiger partial charge in [-0.1, -0.05) is 55.0 Å². The number of halogens is 1. The Labute approximate surface area is 215 Å². The van der Waals surface area contributed by atoms with Gasteiger partial charge < -0.3 is 24.4 Å². The minimum Gasteiger partial charge on any atom is -0.465 e. The fourth-order valence-electron chi connectivity index (χ4n) is 6.39. The van der Waals surface area contributed by atoms with Gasteiger partial charge in [0.25, 0.3) is 5.91 Å². The molecule has 1 aromatic carbocycles. The van der Waals surface area contributed by atoms with Crippen LogP contribution in [0.1, 0.15) is 31.7 Å². The molecule has 8 nitrogen and oxygen atoms in total. The summed E-state index contributed by atoms with van der Waals surface area (Å²) in [5.41, 5.74) is -1.10. The summed E-state index contributed by atoms with van der Waals surface area (Å²) in [6.45, 7) is 3.87. The highest BCUT2D eigenvalue weighted by molar-refractivity contribution is 6.34. The van der Waals surface area contributed by atoms with Crippen molar-refractivity contribution >= 4 is 35.1 Å². The quantitative estimate of drug-likeness (QED) is 0.490. The van der Waals surface area contributed by atoms with E-state index in [4.69, 9.17) is 21.1 Å². The van der Waals surface area contributed by atoms with Crippen LogP contribution < -0.4 is 4.90 Å². The summed E-state index contributed by atoms with van der Waals surface area (Å²) < 4.78 is 12.4. The Balaban J connectivity index is 1.69. The lowest BCUT2D eigenvalue weighted by Gasteiger charge is -2.38. The van der Waals surface area contributed by atoms with Crippen LogP contribution in [-0.2, 0) is 23.9 Å². The van der Waals surface area contributed by atoms with Gasteiger partial charge >= 0.3 is 5.97 Å². The Morgan fingerprint density at radius 2 is 1.94 bits per heavy atom. The lowest BCUT2D eigenvalue weighted by Crippen LogP contribution is -2.56. The third-order valence-electron chi connectivity index (χ3n) is 7.93. The Bertz CT molecular complexity index is 1130. The number of aliphatic hydroxyl groups is 1. The molecule has 0 saturated carbocycles. The number of esters is 1. The van der Waals surface area contributed by atoms with Crippen molar-refractivity contribution in [1.29, 1.82) is 0 Å². The normalized spacial score (nSPS) is 34.8. The second-order valence-electron chi connectivity index (χ2n) is 9.85. The van der Waals surface area contributed by atoms with Crippen molar-refractivity contribution in [2.45, 2.75) is 50.4 Å². The number of aliphatic hydroxyl groups excluding tert-OH is 1. The minimum atomic E-state index is -1.39. The first kappa shape index (κ1) is 25.0. The van der Waals surface area contributed by atoms with E-state index in [9.17, 15) is 19.5 Å². The molecule has 5 rings (SSSR count). The van der Waals surface area contributed by atoms with Crippen molar-refractivity contribution in [3.63, 3.8) is 0 Å². The van der Waals surface area contributed by atoms with E-state index in [1.807, 2.05) is 44.2 Å². The number of rotatable bonds is 4. The van der Waals surface area contributed by atoms with E-state index < -0.39 is 41.0 Å². The molecule has 0 bridgehead atoms. The maximum absolute atomic E-state index is 14.3. The van der Waals surface area contributed by atoms with Gasteiger partial charge in [-0.25, -0.2) is 0 Å². The van der Waals surface area contributed by atoms with Crippen LogP contribution in [-0.4, -0.2) is 71.3 Å². The topological polar surface area (TPSA) is 96.4 Å². The van der Waals surface area contributed by atoms with Gasteiger partial charge in [-0.3, -0.25) is 14.4 Å². The fraction of sp³-hybridized carbons (Fsp3) is 0.519. The van der Waals surface area contributed by atoms with Crippen LogP contribution in [0.4, 0.5) is 5.69 Å². The van der Waals surface area contributed by atoms with Crippen molar-refractivity contribution < 1.29 is 29.0 Å². The summed E-state index contributed by atoms with van der Waals surface area (Å²) in [5.74, 6) is -3.13. The van der Waals surface area contributed by atoms with Gasteiger partial charge in [-0.15, -0.1) is 0 Å². The second-order valence-corrected chi connectivity index (χ2v) is 10.3. The van der Waals surface area contributed by atoms with Crippen LogP contribution in [0.15, 0.2) is 42.5 Å². The van der Waals surface area contributed by atoms with Gasteiger partial charge in [0.2, 0.25) is 5.91 Å². The van der Waals surface area contributed by atoms with E-state index in [0.717, 1.165) is 5.56 Å². The van der Waals surface area contributed by atoms with E-state index in [1.165, 1.54) is 4.90 Å². The molecule has 0 aromatic heterocycles. The number of cyclic esters (lactones) is 1. The van der Waals surface area contributed by atoms with Crippen LogP contribution in [0.25, 0.3) is 0 Å². The predicted octanol–water partition coefficient (Wildman–Crippen LogP) is 2.80. The van der Waals surface area contributed by atoms with E-state index >= 15 is 0 Å². The van der Waals surface area contributed by atoms with Crippen LogP contribution in [0, 0.1) is 18.8 Å². The number of nitrogens with zero attached hydrogens (tertiary/aromatic N) is 2. The Kier molecular flexibility index (Phi) is 6.47. The molecule has 1 N–H and O–H groups in total. The van der Waals surface area contributed by atoms with E-state index in [-0.39, 0.29) is 32.2 Å². The second kappa shape index (κ2) is 9.32. The maximum Gasteiger partial charge on any atom is 0.313 e. The van der Waals surface area contributed by atoms with Crippen molar-refractivity contribution in [2.24, 2.45) is 11.8 Å². The first-order valence-corrected chi connectivity index (χ1v) is 12.9. The summed E-state index contributed by atoms with van der Waals surface area (Å²) in [5, 5.41) is 10.2. The van der Waals surface area contributed by atoms with E-state index in [2.05, 4.69) is 0 Å². The molecule has 0 aliphatic carbocycles. The average molecular weight is 515 g/mol. The van der Waals surface area contributed by atoms with Crippen LogP contribution in [0.5, 0.6) is 0 Å². The number of carbonyl (C=O) groups is 3. The first-order valence-electron chi connectivity index (χ1n) is 12.5. The van der Waals surface area contributed by atoms with Gasteiger partial charge in [0.15, 0.2) is 0 Å². The highest BCUT2D eigenvalue weighted by atomic mass is 35.5. The first-order chi connectivity index (χ1) is 17.3. The molecule has 1 aromatic rings. The highest BCUT2D eigenvalue weighted by Crippen LogP contribution is 2.58. The number of ether oxygens (including phenoxy) is 2. The molecule has 4 aliphatic heterocycles. The van der Waals surface area contributed by atoms with Gasteiger partial charge in [-0.2, -0.15) is 0 Å². The lowest BCUT2D eigenvalue weighted by atomic mass is 9.73. The lowest BCUT2D eigenvalue weighted by molar-refractivity contribution is -0.159. The Morgan fingerprint density at radius 1 is 1.14 bits per heavy atom. The molecular formula is C27H31ClN2O6. The molecule has 9 heteroatoms. The smallest absolute Gasteiger partial charge is 0.313 e. The standard InChI is InChI=1S/C27H31ClN2O6/c1-3-26-11-5-4-6-16-35-25(34)20(26)19-23(32)30(14-15-31)22-24(33)29(13-8-12-27(19,22)36-26)21-17(2)9-7-10-18(21)28/h5,7-12,19-20,22,31H,3-4,6,13-16H2,1-2H3/b11-5-/t19-,20-,22?,26+,27-/m0/s1. The molecule has 1 spiro atoms. The summed E-state index contributed by atoms with van der Waals surface area (Å²) in [4.78, 5) is 44.7. The fourth-order valence-corrected chi connectivity index (χ4v) is 6.71. The molecule has 36 heavy (non-hydrogen) atoms. The van der Waals surface area contributed by atoms with E-state index in [0.29, 0.717) is 30.0 Å². The largest absolute Gasteiger partial charge is 0.465 e. The SMILES string of the molecule is CC[C@@]12/C=C\CCCOC(=O)[C@@H]1[C@H]1C(=O)N(CCO)C3C(=O)N(c4c(C)cccc4Cl)CC=C[C@@]31O2. The van der Waals surface area contributed by atoms with Gasteiger partial charge in [-0.05, 0) is 37.8 Å². The maximum atomic E-state index is 14.3. The average Bonchev–Trinajstić information content (AvgIpc) is 3.22. The predicted molar refractivity (Wildman–Crippen MR) is 133 cm³/mol. The van der Waals surface area contributed by atoms with Crippen molar-refractivity contribution in [2.75, 3.05) is 31.2 Å². The van der Waals surface area contributed by atoms with Crippen LogP contribution >= 0.6 is 11.6 Å². The number of hydrogen-bond acceptors (Lipinski definition) is 6. The number of carbonyl (C=O) groups excluding carboxylic acids is 3. The molecule has 2 fully saturated rings. The van der Waals surface area contributed by atoms with Gasteiger partial charge in [0.1, 0.15) is 23.2 Å². The Morgan fingerprint density at radius 3 is 2.67 bits per heavy atom. The molecule has 0 radical (unpaired) electrons. The number of hydrogen-bond donors (Lipinski definition) is 1. The molecule has 5 atom stereocenters. The Hall–Kier alpha value is -2.68. The third kappa shape index (κ3) is 3.53. The summed E-state index contributed by atoms with van der Waals surface area (Å²) in [7, 11) is 0. The number of likely N-dealkylation sites (tertiary alicyclic amines) is 1. The monoisotopic (exact) mass is 514 g/mol. The summed E-state index contributed by atoms with van der Waals surface area (Å²) >= 11 is 6.53. The van der Waals surface area contributed by atoms with E-state index in [1.54, 1.807) is 17.0 Å². The zero-order chi connectivity index (χ0) is 25.7. The number of anilines is 1. The molecule has 4 heterocycles. The number of amides is 2. The number of benzene rings is 1. The molecule has 2 amide bonds. The van der Waals surface area contributed by atoms with Gasteiger partial charge in [0, 0.05) is 13.1 Å². The molecule has 1 unspecified atom stereocenters. The highest BCUT2D eigenvalue weighted by Gasteiger charge is 2.75. The van der Waals surface area contributed by atoms with Crippen molar-refractivity contribution in [3.8, 4) is 0 Å². The van der Waals surface area contributed by atoms with Crippen molar-refractivity contribution in [1.82, 2.24) is 4.90 Å². The number of allylic oxidation sites excluding steroid dienone is 1. The number of fused-ring (bicyclic) bond motifs is 2. The summed E-state index contributed by atoms with van der Waals surface area (Å²) in [6, 6.07) is 4.34. The number of aryl methyl sites for hydroxylation is 1. The molecule has 2 saturated heterocycles. The van der Waals surface area contributed by atoms with Crippen LogP contribution in [0.2, 0.25) is 5.02 Å². The zero-order valence-corrected chi connectivity index (χ0v) is 21.2. The van der Waals surface area contributed by atoms with Crippen LogP contribution in [0.3, 0.4) is 0 Å². The van der Waals surface area contributed by atoms with Gasteiger partial charge in [0.05, 0.1) is 29.8 Å². The minimum absolute atomic E-state index is 0.0588. The molecule has 192 valence electrons. The zero-order valence-electron chi connectivity index (χ0n) is 20.5. The summed E-state index contributed by atoms with van der Waals surface area (Å²) in [6.07, 6.45) is 9.27. The number of para-hydroxylation sites is 1.